The third-order valence-electron chi connectivity index (χ3n) is 4.99. The summed E-state index contributed by atoms with van der Waals surface area (Å²) >= 11 is 1.19. The molecular formula is C21H23N7O5S2. The normalized spacial score (nSPS) is 12.1. The number of pyridine rings is 2. The van der Waals surface area contributed by atoms with Gasteiger partial charge in [0.2, 0.25) is 5.89 Å². The van der Waals surface area contributed by atoms with E-state index in [1.807, 2.05) is 0 Å². The van der Waals surface area contributed by atoms with Crippen LogP contribution in [0.2, 0.25) is 0 Å². The third kappa shape index (κ3) is 5.78. The Hall–Kier alpha value is -3.49. The number of aliphatic hydroxyl groups is 1. The predicted octanol–water partition coefficient (Wildman–Crippen LogP) is 2.17. The quantitative estimate of drug-likeness (QED) is 0.314. The summed E-state index contributed by atoms with van der Waals surface area (Å²) in [7, 11) is -3.40. The topological polar surface area (TPSA) is 173 Å². The number of aromatic nitrogens is 5. The average Bonchev–Trinajstić information content (AvgIpc) is 3.45. The van der Waals surface area contributed by atoms with Crippen LogP contribution >= 0.6 is 11.3 Å². The summed E-state index contributed by atoms with van der Waals surface area (Å²) in [5.74, 6) is 0.757. The van der Waals surface area contributed by atoms with E-state index in [9.17, 15) is 18.3 Å². The molecule has 0 aliphatic carbocycles. The molecule has 12 nitrogen and oxygen atoms in total. The van der Waals surface area contributed by atoms with Crippen LogP contribution in [0.15, 0.2) is 40.0 Å². The first-order valence-electron chi connectivity index (χ1n) is 10.5. The van der Waals surface area contributed by atoms with E-state index in [-0.39, 0.29) is 18.0 Å². The lowest BCUT2D eigenvalue weighted by Crippen LogP contribution is -2.30. The molecule has 4 aromatic rings. The summed E-state index contributed by atoms with van der Waals surface area (Å²) in [4.78, 5) is 30.1. The van der Waals surface area contributed by atoms with Gasteiger partial charge in [0, 0.05) is 37.2 Å². The standard InChI is InChI=1S/C21H23N7O5S2/c1-21(2,11-29)18-26-16(28-33-18)6-7-23-19(30)27-20-25-15-5-4-14(24-17(15)34-20)12-8-13(10-22-9-12)35(3,31)32/h4-5,8-10,29H,6-7,11H2,1-3H3,(H2,23,25,27,30). The molecule has 0 saturated heterocycles. The molecule has 0 aromatic carbocycles. The number of fused-ring (bicyclic) bond motifs is 1. The largest absolute Gasteiger partial charge is 0.395 e. The fourth-order valence-corrected chi connectivity index (χ4v) is 4.35. The Morgan fingerprint density at radius 3 is 2.74 bits per heavy atom. The van der Waals surface area contributed by atoms with Crippen LogP contribution in [0.4, 0.5) is 9.93 Å². The first-order valence-corrected chi connectivity index (χ1v) is 13.2. The molecule has 0 unspecified atom stereocenters. The van der Waals surface area contributed by atoms with Gasteiger partial charge in [-0.25, -0.2) is 23.2 Å². The molecule has 184 valence electrons. The van der Waals surface area contributed by atoms with Gasteiger partial charge in [-0.3, -0.25) is 10.3 Å². The lowest BCUT2D eigenvalue weighted by molar-refractivity contribution is 0.182. The SMILES string of the molecule is CC(C)(CO)c1nc(CCNC(=O)Nc2nc3ccc(-c4cncc(S(C)(=O)=O)c4)nc3s2)no1. The molecule has 4 aromatic heterocycles. The van der Waals surface area contributed by atoms with Crippen molar-refractivity contribution in [3.8, 4) is 11.3 Å². The van der Waals surface area contributed by atoms with Gasteiger partial charge in [-0.05, 0) is 32.0 Å². The van der Waals surface area contributed by atoms with E-state index in [0.29, 0.717) is 44.9 Å². The minimum atomic E-state index is -3.40. The third-order valence-corrected chi connectivity index (χ3v) is 6.95. The smallest absolute Gasteiger partial charge is 0.321 e. The van der Waals surface area contributed by atoms with E-state index < -0.39 is 21.3 Å². The maximum Gasteiger partial charge on any atom is 0.321 e. The second-order valence-corrected chi connectivity index (χ2v) is 11.4. The molecule has 0 atom stereocenters. The van der Waals surface area contributed by atoms with Crippen LogP contribution in [0.5, 0.6) is 0 Å². The fraction of sp³-hybridized carbons (Fsp3) is 0.333. The summed E-state index contributed by atoms with van der Waals surface area (Å²) in [6, 6.07) is 4.52. The van der Waals surface area contributed by atoms with E-state index in [1.165, 1.54) is 29.8 Å². The Bertz CT molecular complexity index is 1480. The van der Waals surface area contributed by atoms with Gasteiger partial charge >= 0.3 is 6.03 Å². The van der Waals surface area contributed by atoms with Crippen molar-refractivity contribution in [3.05, 3.63) is 42.3 Å². The van der Waals surface area contributed by atoms with Crippen molar-refractivity contribution < 1.29 is 22.8 Å². The number of thiazole rings is 1. The van der Waals surface area contributed by atoms with Crippen LogP contribution in [0.3, 0.4) is 0 Å². The van der Waals surface area contributed by atoms with Crippen molar-refractivity contribution in [2.45, 2.75) is 30.6 Å². The molecule has 0 aliphatic heterocycles. The molecule has 35 heavy (non-hydrogen) atoms. The highest BCUT2D eigenvalue weighted by Crippen LogP contribution is 2.28. The van der Waals surface area contributed by atoms with Crippen LogP contribution < -0.4 is 10.6 Å². The Labute approximate surface area is 204 Å². The molecular weight excluding hydrogens is 494 g/mol. The number of nitrogens with zero attached hydrogens (tertiary/aromatic N) is 5. The molecule has 0 aliphatic rings. The van der Waals surface area contributed by atoms with E-state index in [1.54, 1.807) is 26.0 Å². The Balaban J connectivity index is 1.38. The number of carbonyl (C=O) groups excluding carboxylic acids is 1. The van der Waals surface area contributed by atoms with Crippen molar-refractivity contribution >= 4 is 42.7 Å². The first kappa shape index (κ1) is 24.6. The Morgan fingerprint density at radius 2 is 2.00 bits per heavy atom. The molecule has 14 heteroatoms. The van der Waals surface area contributed by atoms with Crippen molar-refractivity contribution in [3.63, 3.8) is 0 Å². The van der Waals surface area contributed by atoms with Gasteiger partial charge in [-0.2, -0.15) is 4.98 Å². The highest BCUT2D eigenvalue weighted by Gasteiger charge is 2.26. The van der Waals surface area contributed by atoms with Gasteiger partial charge in [0.05, 0.1) is 22.6 Å². The van der Waals surface area contributed by atoms with Gasteiger partial charge in [0.1, 0.15) is 10.3 Å². The highest BCUT2D eigenvalue weighted by atomic mass is 32.2. The minimum absolute atomic E-state index is 0.106. The van der Waals surface area contributed by atoms with E-state index in [0.717, 1.165) is 6.26 Å². The number of hydrogen-bond donors (Lipinski definition) is 3. The van der Waals surface area contributed by atoms with E-state index in [2.05, 4.69) is 35.7 Å². The number of aliphatic hydroxyl groups excluding tert-OH is 1. The average molecular weight is 518 g/mol. The second-order valence-electron chi connectivity index (χ2n) is 8.41. The number of hydrogen-bond acceptors (Lipinski definition) is 11. The van der Waals surface area contributed by atoms with Crippen LogP contribution in [-0.4, -0.2) is 64.1 Å². The van der Waals surface area contributed by atoms with E-state index >= 15 is 0 Å². The van der Waals surface area contributed by atoms with Crippen LogP contribution in [0.1, 0.15) is 25.6 Å². The van der Waals surface area contributed by atoms with Crippen LogP contribution in [0, 0.1) is 0 Å². The Kier molecular flexibility index (Phi) is 6.78. The zero-order valence-electron chi connectivity index (χ0n) is 19.1. The van der Waals surface area contributed by atoms with Crippen molar-refractivity contribution in [2.75, 3.05) is 24.7 Å². The van der Waals surface area contributed by atoms with Crippen LogP contribution in [-0.2, 0) is 21.7 Å². The molecule has 4 rings (SSSR count). The monoisotopic (exact) mass is 517 g/mol. The molecule has 4 heterocycles. The lowest BCUT2D eigenvalue weighted by atomic mass is 9.95. The summed E-state index contributed by atoms with van der Waals surface area (Å²) in [6.07, 6.45) is 4.30. The van der Waals surface area contributed by atoms with E-state index in [4.69, 9.17) is 4.52 Å². The van der Waals surface area contributed by atoms with Crippen molar-refractivity contribution in [1.29, 1.82) is 0 Å². The number of urea groups is 1. The fourth-order valence-electron chi connectivity index (χ4n) is 2.92. The van der Waals surface area contributed by atoms with Crippen molar-refractivity contribution in [1.82, 2.24) is 30.4 Å². The van der Waals surface area contributed by atoms with Gasteiger partial charge in [0.25, 0.3) is 0 Å². The van der Waals surface area contributed by atoms with Crippen LogP contribution in [0.25, 0.3) is 21.6 Å². The van der Waals surface area contributed by atoms with Gasteiger partial charge in [-0.1, -0.05) is 16.5 Å². The number of amides is 2. The predicted molar refractivity (Wildman–Crippen MR) is 129 cm³/mol. The lowest BCUT2D eigenvalue weighted by Gasteiger charge is -2.14. The number of rotatable bonds is 8. The van der Waals surface area contributed by atoms with Gasteiger partial charge in [-0.15, -0.1) is 0 Å². The summed E-state index contributed by atoms with van der Waals surface area (Å²) in [5.41, 5.74) is 1.05. The minimum Gasteiger partial charge on any atom is -0.395 e. The molecule has 0 saturated carbocycles. The molecule has 2 amide bonds. The number of anilines is 1. The molecule has 0 spiro atoms. The molecule has 0 bridgehead atoms. The summed E-state index contributed by atoms with van der Waals surface area (Å²) in [6.45, 7) is 3.71. The summed E-state index contributed by atoms with van der Waals surface area (Å²) in [5, 5.41) is 19.0. The zero-order valence-corrected chi connectivity index (χ0v) is 20.8. The summed E-state index contributed by atoms with van der Waals surface area (Å²) < 4.78 is 28.8. The van der Waals surface area contributed by atoms with Gasteiger partial charge < -0.3 is 14.9 Å². The maximum atomic E-state index is 12.3. The second kappa shape index (κ2) is 9.64. The molecule has 0 radical (unpaired) electrons. The number of carbonyl (C=O) groups is 1. The highest BCUT2D eigenvalue weighted by molar-refractivity contribution is 7.90. The Morgan fingerprint density at radius 1 is 1.20 bits per heavy atom. The number of sulfone groups is 1. The van der Waals surface area contributed by atoms with Gasteiger partial charge in [0.15, 0.2) is 20.8 Å². The zero-order chi connectivity index (χ0) is 25.2. The first-order chi connectivity index (χ1) is 16.5. The molecule has 0 fully saturated rings. The maximum absolute atomic E-state index is 12.3. The number of nitrogens with one attached hydrogen (secondary N) is 2. The van der Waals surface area contributed by atoms with Crippen molar-refractivity contribution in [2.24, 2.45) is 0 Å². The molecule has 3 N–H and O–H groups in total.